The van der Waals surface area contributed by atoms with Gasteiger partial charge in [-0.2, -0.15) is 4.99 Å². The summed E-state index contributed by atoms with van der Waals surface area (Å²) in [6, 6.07) is 5.87. The fourth-order valence-electron chi connectivity index (χ4n) is 1.62. The second-order valence-corrected chi connectivity index (χ2v) is 4.14. The van der Waals surface area contributed by atoms with Gasteiger partial charge in [-0.05, 0) is 24.3 Å². The maximum atomic E-state index is 11.3. The third kappa shape index (κ3) is 3.33. The van der Waals surface area contributed by atoms with E-state index in [1.165, 1.54) is 0 Å². The van der Waals surface area contributed by atoms with Gasteiger partial charge in [0.1, 0.15) is 17.3 Å². The molecule has 2 amide bonds. The van der Waals surface area contributed by atoms with Crippen LogP contribution in [0.5, 0.6) is 11.5 Å². The molecule has 1 aliphatic rings. The normalized spacial score (nSPS) is 18.3. The molecule has 1 aromatic carbocycles. The lowest BCUT2D eigenvalue weighted by molar-refractivity contribution is -0.129. The number of amidine groups is 1. The number of carbonyl (C=O) groups excluding carboxylic acids is 2. The Balaban J connectivity index is 1.85. The Bertz CT molecular complexity index is 539. The highest BCUT2D eigenvalue weighted by atomic mass is 16.5. The smallest absolute Gasteiger partial charge is 0.273 e. The number of nitrogens with two attached hydrogens (primary N) is 1. The molecule has 0 spiro atoms. The first-order valence-electron chi connectivity index (χ1n) is 6.05. The summed E-state index contributed by atoms with van der Waals surface area (Å²) >= 11 is 0. The molecule has 0 aromatic heterocycles. The summed E-state index contributed by atoms with van der Waals surface area (Å²) in [6.07, 6.45) is 0.316. The van der Waals surface area contributed by atoms with Crippen molar-refractivity contribution in [3.63, 3.8) is 0 Å². The van der Waals surface area contributed by atoms with Crippen molar-refractivity contribution in [3.05, 3.63) is 24.3 Å². The van der Waals surface area contributed by atoms with Gasteiger partial charge in [0.05, 0.1) is 13.7 Å². The summed E-state index contributed by atoms with van der Waals surface area (Å²) in [5.74, 6) is 0.505. The molecule has 20 heavy (non-hydrogen) atoms. The first-order chi connectivity index (χ1) is 9.60. The molecule has 7 heteroatoms. The summed E-state index contributed by atoms with van der Waals surface area (Å²) < 4.78 is 10.5. The first-order valence-corrected chi connectivity index (χ1v) is 6.05. The van der Waals surface area contributed by atoms with Gasteiger partial charge >= 0.3 is 0 Å². The number of nitrogens with one attached hydrogen (secondary N) is 1. The van der Waals surface area contributed by atoms with Crippen molar-refractivity contribution in [2.24, 2.45) is 10.7 Å². The van der Waals surface area contributed by atoms with Crippen LogP contribution in [0.15, 0.2) is 29.3 Å². The van der Waals surface area contributed by atoms with Crippen molar-refractivity contribution >= 4 is 17.6 Å². The van der Waals surface area contributed by atoms with Crippen LogP contribution in [-0.4, -0.2) is 37.4 Å². The van der Waals surface area contributed by atoms with E-state index in [1.807, 2.05) is 0 Å². The van der Waals surface area contributed by atoms with Crippen LogP contribution in [0, 0.1) is 0 Å². The standard InChI is InChI=1S/C13H15N3O4/c1-19-8-2-4-9(5-3-8)20-7-6-10-15-12(17)11(14)13(18)16-10/h2-5,11H,6-7,14H2,1H3,(H,15,16,17,18). The van der Waals surface area contributed by atoms with Crippen molar-refractivity contribution in [1.82, 2.24) is 5.32 Å². The number of methoxy groups -OCH3 is 1. The molecule has 0 saturated carbocycles. The number of hydrogen-bond acceptors (Lipinski definition) is 5. The first kappa shape index (κ1) is 14.0. The Morgan fingerprint density at radius 3 is 2.50 bits per heavy atom. The zero-order valence-corrected chi connectivity index (χ0v) is 11.0. The number of carbonyl (C=O) groups is 2. The summed E-state index contributed by atoms with van der Waals surface area (Å²) in [5.41, 5.74) is 5.32. The van der Waals surface area contributed by atoms with Crippen molar-refractivity contribution in [3.8, 4) is 11.5 Å². The molecule has 1 heterocycles. The lowest BCUT2D eigenvalue weighted by Gasteiger charge is -2.17. The van der Waals surface area contributed by atoms with Gasteiger partial charge < -0.3 is 20.5 Å². The minimum atomic E-state index is -1.21. The molecule has 1 aliphatic heterocycles. The maximum absolute atomic E-state index is 11.3. The largest absolute Gasteiger partial charge is 0.497 e. The van der Waals surface area contributed by atoms with Gasteiger partial charge in [0.25, 0.3) is 11.8 Å². The van der Waals surface area contributed by atoms with Gasteiger partial charge in [-0.1, -0.05) is 0 Å². The zero-order chi connectivity index (χ0) is 14.5. The second-order valence-electron chi connectivity index (χ2n) is 4.14. The van der Waals surface area contributed by atoms with Gasteiger partial charge in [-0.3, -0.25) is 9.59 Å². The fourth-order valence-corrected chi connectivity index (χ4v) is 1.62. The van der Waals surface area contributed by atoms with Crippen LogP contribution < -0.4 is 20.5 Å². The third-order valence-corrected chi connectivity index (χ3v) is 2.73. The van der Waals surface area contributed by atoms with E-state index < -0.39 is 17.9 Å². The monoisotopic (exact) mass is 277 g/mol. The number of nitrogens with zero attached hydrogens (tertiary/aromatic N) is 1. The number of ether oxygens (including phenoxy) is 2. The van der Waals surface area contributed by atoms with Gasteiger partial charge in [0, 0.05) is 6.42 Å². The molecular weight excluding hydrogens is 262 g/mol. The van der Waals surface area contributed by atoms with Crippen LogP contribution >= 0.6 is 0 Å². The van der Waals surface area contributed by atoms with Crippen LogP contribution in [0.1, 0.15) is 6.42 Å². The van der Waals surface area contributed by atoms with E-state index in [1.54, 1.807) is 31.4 Å². The summed E-state index contributed by atoms with van der Waals surface area (Å²) in [7, 11) is 1.58. The molecule has 0 fully saturated rings. The molecular formula is C13H15N3O4. The van der Waals surface area contributed by atoms with E-state index >= 15 is 0 Å². The average molecular weight is 277 g/mol. The number of hydrogen-bond donors (Lipinski definition) is 2. The van der Waals surface area contributed by atoms with Crippen LogP contribution in [0.4, 0.5) is 0 Å². The predicted octanol–water partition coefficient (Wildman–Crippen LogP) is -0.154. The Hall–Kier alpha value is -2.41. The number of rotatable bonds is 5. The average Bonchev–Trinajstić information content (AvgIpc) is 2.45. The fraction of sp³-hybridized carbons (Fsp3) is 0.308. The molecule has 0 aliphatic carbocycles. The van der Waals surface area contributed by atoms with Gasteiger partial charge in [0.15, 0.2) is 6.04 Å². The zero-order valence-electron chi connectivity index (χ0n) is 11.0. The molecule has 1 aromatic rings. The lowest BCUT2D eigenvalue weighted by Crippen LogP contribution is -2.52. The number of benzene rings is 1. The highest BCUT2D eigenvalue weighted by molar-refractivity contribution is 6.18. The number of aliphatic imine (C=N–C) groups is 1. The quantitative estimate of drug-likeness (QED) is 0.728. The second kappa shape index (κ2) is 6.16. The van der Waals surface area contributed by atoms with Crippen LogP contribution in [0.3, 0.4) is 0 Å². The topological polar surface area (TPSA) is 103 Å². The Labute approximate surface area is 115 Å². The van der Waals surface area contributed by atoms with Gasteiger partial charge in [-0.25, -0.2) is 0 Å². The molecule has 106 valence electrons. The van der Waals surface area contributed by atoms with Crippen LogP contribution in [0.2, 0.25) is 0 Å². The molecule has 1 unspecified atom stereocenters. The molecule has 3 N–H and O–H groups in total. The van der Waals surface area contributed by atoms with E-state index in [0.29, 0.717) is 12.2 Å². The van der Waals surface area contributed by atoms with E-state index in [4.69, 9.17) is 15.2 Å². The van der Waals surface area contributed by atoms with Crippen molar-refractivity contribution in [2.45, 2.75) is 12.5 Å². The van der Waals surface area contributed by atoms with Crippen molar-refractivity contribution in [2.75, 3.05) is 13.7 Å². The third-order valence-electron chi connectivity index (χ3n) is 2.73. The molecule has 0 radical (unpaired) electrons. The molecule has 0 saturated heterocycles. The Kier molecular flexibility index (Phi) is 4.31. The summed E-state index contributed by atoms with van der Waals surface area (Å²) in [5, 5.41) is 2.47. The highest BCUT2D eigenvalue weighted by Gasteiger charge is 2.27. The predicted molar refractivity (Wildman–Crippen MR) is 71.7 cm³/mol. The SMILES string of the molecule is COc1ccc(OCCC2=NC(=O)C(N)C(=O)N2)cc1. The molecule has 0 bridgehead atoms. The summed E-state index contributed by atoms with van der Waals surface area (Å²) in [6.45, 7) is 0.286. The molecule has 1 atom stereocenters. The van der Waals surface area contributed by atoms with E-state index in [0.717, 1.165) is 5.75 Å². The highest BCUT2D eigenvalue weighted by Crippen LogP contribution is 2.17. The molecule has 2 rings (SSSR count). The van der Waals surface area contributed by atoms with Gasteiger partial charge in [-0.15, -0.1) is 0 Å². The van der Waals surface area contributed by atoms with Crippen molar-refractivity contribution < 1.29 is 19.1 Å². The van der Waals surface area contributed by atoms with E-state index in [-0.39, 0.29) is 12.4 Å². The van der Waals surface area contributed by atoms with Crippen LogP contribution in [-0.2, 0) is 9.59 Å². The lowest BCUT2D eigenvalue weighted by atomic mass is 10.2. The molecule has 7 nitrogen and oxygen atoms in total. The van der Waals surface area contributed by atoms with Crippen molar-refractivity contribution in [1.29, 1.82) is 0 Å². The summed E-state index contributed by atoms with van der Waals surface area (Å²) in [4.78, 5) is 26.3. The minimum Gasteiger partial charge on any atom is -0.497 e. The van der Waals surface area contributed by atoms with E-state index in [2.05, 4.69) is 10.3 Å². The van der Waals surface area contributed by atoms with Crippen LogP contribution in [0.25, 0.3) is 0 Å². The maximum Gasteiger partial charge on any atom is 0.273 e. The Morgan fingerprint density at radius 2 is 1.90 bits per heavy atom. The number of amides is 2. The van der Waals surface area contributed by atoms with Gasteiger partial charge in [0.2, 0.25) is 0 Å². The Morgan fingerprint density at radius 1 is 1.25 bits per heavy atom. The van der Waals surface area contributed by atoms with E-state index in [9.17, 15) is 9.59 Å². The minimum absolute atomic E-state index is 0.273.